The zero-order valence-corrected chi connectivity index (χ0v) is 12.4. The molecule has 0 heterocycles. The summed E-state index contributed by atoms with van der Waals surface area (Å²) in [6, 6.07) is 13.7. The average Bonchev–Trinajstić information content (AvgIpc) is 2.38. The second-order valence-corrected chi connectivity index (χ2v) is 6.45. The first-order valence-electron chi connectivity index (χ1n) is 5.59. The van der Waals surface area contributed by atoms with Crippen LogP contribution in [0.2, 0.25) is 0 Å². The number of sulfonamides is 1. The van der Waals surface area contributed by atoms with E-state index in [0.717, 1.165) is 5.56 Å². The van der Waals surface area contributed by atoms with Gasteiger partial charge in [0.15, 0.2) is 0 Å². The summed E-state index contributed by atoms with van der Waals surface area (Å²) in [6.07, 6.45) is 0. The fourth-order valence-electron chi connectivity index (χ4n) is 1.61. The Morgan fingerprint density at radius 2 is 1.79 bits per heavy atom. The second kappa shape index (κ2) is 5.73. The van der Waals surface area contributed by atoms with Crippen LogP contribution in [0.3, 0.4) is 0 Å². The Hall–Kier alpha value is -1.37. The van der Waals surface area contributed by atoms with Gasteiger partial charge in [-0.25, -0.2) is 8.42 Å². The van der Waals surface area contributed by atoms with Crippen molar-refractivity contribution in [1.82, 2.24) is 0 Å². The minimum absolute atomic E-state index is 0.188. The summed E-state index contributed by atoms with van der Waals surface area (Å²) >= 11 is 3.26. The molecule has 2 aromatic carbocycles. The fraction of sp³-hybridized carbons (Fsp3) is 0.0769. The maximum absolute atomic E-state index is 12.2. The smallest absolute Gasteiger partial charge is 0.263 e. The van der Waals surface area contributed by atoms with E-state index in [1.54, 1.807) is 36.4 Å². The van der Waals surface area contributed by atoms with Gasteiger partial charge in [-0.2, -0.15) is 0 Å². The molecule has 0 unspecified atom stereocenters. The van der Waals surface area contributed by atoms with Gasteiger partial charge in [0.1, 0.15) is 4.90 Å². The molecule has 3 N–H and O–H groups in total. The van der Waals surface area contributed by atoms with Gasteiger partial charge in [0.25, 0.3) is 10.0 Å². The molecule has 2 aromatic rings. The van der Waals surface area contributed by atoms with Crippen molar-refractivity contribution < 1.29 is 8.42 Å². The quantitative estimate of drug-likeness (QED) is 0.898. The highest BCUT2D eigenvalue weighted by atomic mass is 79.9. The number of nitrogens with one attached hydrogen (secondary N) is 1. The van der Waals surface area contributed by atoms with Crippen LogP contribution in [0.4, 0.5) is 5.69 Å². The fourth-order valence-corrected chi connectivity index (χ4v) is 3.79. The van der Waals surface area contributed by atoms with Crippen molar-refractivity contribution in [3.63, 3.8) is 0 Å². The topological polar surface area (TPSA) is 72.2 Å². The molecule has 19 heavy (non-hydrogen) atoms. The third-order valence-electron chi connectivity index (χ3n) is 2.55. The van der Waals surface area contributed by atoms with Gasteiger partial charge in [-0.05, 0) is 45.8 Å². The Morgan fingerprint density at radius 3 is 2.37 bits per heavy atom. The van der Waals surface area contributed by atoms with E-state index in [0.29, 0.717) is 16.7 Å². The maximum Gasteiger partial charge on any atom is 0.263 e. The zero-order chi connectivity index (χ0) is 13.9. The van der Waals surface area contributed by atoms with Gasteiger partial charge in [-0.3, -0.25) is 4.72 Å². The highest BCUT2D eigenvalue weighted by Crippen LogP contribution is 2.25. The van der Waals surface area contributed by atoms with E-state index in [4.69, 9.17) is 5.73 Å². The molecule has 0 aliphatic heterocycles. The summed E-state index contributed by atoms with van der Waals surface area (Å²) in [7, 11) is -3.61. The standard InChI is InChI=1S/C13H13BrN2O2S/c14-12-8-10(9-15)6-7-13(12)19(17,18)16-11-4-2-1-3-5-11/h1-8,16H,9,15H2. The lowest BCUT2D eigenvalue weighted by Gasteiger charge is -2.10. The number of anilines is 1. The average molecular weight is 341 g/mol. The molecule has 0 aromatic heterocycles. The van der Waals surface area contributed by atoms with Crippen LogP contribution in [0, 0.1) is 0 Å². The molecule has 0 fully saturated rings. The number of rotatable bonds is 4. The predicted molar refractivity (Wildman–Crippen MR) is 79.3 cm³/mol. The second-order valence-electron chi connectivity index (χ2n) is 3.94. The van der Waals surface area contributed by atoms with Gasteiger partial charge < -0.3 is 5.73 Å². The third-order valence-corrected chi connectivity index (χ3v) is 4.91. The molecule has 0 bridgehead atoms. The molecular formula is C13H13BrN2O2S. The van der Waals surface area contributed by atoms with Crippen LogP contribution in [0.5, 0.6) is 0 Å². The van der Waals surface area contributed by atoms with Crippen LogP contribution in [0.15, 0.2) is 57.9 Å². The number of benzene rings is 2. The van der Waals surface area contributed by atoms with Crippen LogP contribution >= 0.6 is 15.9 Å². The van der Waals surface area contributed by atoms with Crippen LogP contribution in [-0.2, 0) is 16.6 Å². The monoisotopic (exact) mass is 340 g/mol. The Balaban J connectivity index is 2.35. The van der Waals surface area contributed by atoms with E-state index < -0.39 is 10.0 Å². The minimum Gasteiger partial charge on any atom is -0.326 e. The van der Waals surface area contributed by atoms with Gasteiger partial charge in [0, 0.05) is 16.7 Å². The summed E-state index contributed by atoms with van der Waals surface area (Å²) < 4.78 is 27.5. The van der Waals surface area contributed by atoms with E-state index in [-0.39, 0.29) is 4.90 Å². The molecule has 2 rings (SSSR count). The summed E-state index contributed by atoms with van der Waals surface area (Å²) in [5.74, 6) is 0. The molecular weight excluding hydrogens is 328 g/mol. The maximum atomic E-state index is 12.2. The summed E-state index contributed by atoms with van der Waals surface area (Å²) in [6.45, 7) is 0.366. The molecule has 0 atom stereocenters. The number of hydrogen-bond donors (Lipinski definition) is 2. The normalized spacial score (nSPS) is 11.3. The van der Waals surface area contributed by atoms with Gasteiger partial charge >= 0.3 is 0 Å². The lowest BCUT2D eigenvalue weighted by atomic mass is 10.2. The third kappa shape index (κ3) is 3.34. The number of para-hydroxylation sites is 1. The Labute approximate surface area is 120 Å². The van der Waals surface area contributed by atoms with Crippen LogP contribution in [-0.4, -0.2) is 8.42 Å². The SMILES string of the molecule is NCc1ccc(S(=O)(=O)Nc2ccccc2)c(Br)c1. The van der Waals surface area contributed by atoms with Crippen LogP contribution in [0.25, 0.3) is 0 Å². The predicted octanol–water partition coefficient (Wildman–Crippen LogP) is 2.71. The first-order chi connectivity index (χ1) is 9.03. The first kappa shape index (κ1) is 14.0. The molecule has 0 spiro atoms. The van der Waals surface area contributed by atoms with E-state index in [1.165, 1.54) is 6.07 Å². The minimum atomic E-state index is -3.61. The lowest BCUT2D eigenvalue weighted by Crippen LogP contribution is -2.13. The molecule has 0 saturated carbocycles. The number of halogens is 1. The molecule has 0 radical (unpaired) electrons. The van der Waals surface area contributed by atoms with Crippen LogP contribution < -0.4 is 10.5 Å². The zero-order valence-electron chi connectivity index (χ0n) is 10.0. The molecule has 0 aliphatic carbocycles. The van der Waals surface area contributed by atoms with Gasteiger partial charge in [-0.15, -0.1) is 0 Å². The Morgan fingerprint density at radius 1 is 1.11 bits per heavy atom. The van der Waals surface area contributed by atoms with E-state index >= 15 is 0 Å². The largest absolute Gasteiger partial charge is 0.326 e. The van der Waals surface area contributed by atoms with Gasteiger partial charge in [-0.1, -0.05) is 24.3 Å². The lowest BCUT2D eigenvalue weighted by molar-refractivity contribution is 0.600. The molecule has 0 saturated heterocycles. The van der Waals surface area contributed by atoms with Gasteiger partial charge in [0.2, 0.25) is 0 Å². The van der Waals surface area contributed by atoms with E-state index in [2.05, 4.69) is 20.7 Å². The van der Waals surface area contributed by atoms with Gasteiger partial charge in [0.05, 0.1) is 0 Å². The van der Waals surface area contributed by atoms with Crippen molar-refractivity contribution in [3.05, 3.63) is 58.6 Å². The van der Waals surface area contributed by atoms with E-state index in [1.807, 2.05) is 6.07 Å². The number of nitrogens with two attached hydrogens (primary N) is 1. The van der Waals surface area contributed by atoms with Crippen molar-refractivity contribution in [2.75, 3.05) is 4.72 Å². The van der Waals surface area contributed by atoms with E-state index in [9.17, 15) is 8.42 Å². The number of hydrogen-bond acceptors (Lipinski definition) is 3. The molecule has 0 aliphatic rings. The van der Waals surface area contributed by atoms with Crippen molar-refractivity contribution >= 4 is 31.6 Å². The Kier molecular flexibility index (Phi) is 4.24. The summed E-state index contributed by atoms with van der Waals surface area (Å²) in [4.78, 5) is 0.188. The molecule has 100 valence electrons. The first-order valence-corrected chi connectivity index (χ1v) is 7.87. The van der Waals surface area contributed by atoms with Crippen molar-refractivity contribution in [2.24, 2.45) is 5.73 Å². The molecule has 6 heteroatoms. The van der Waals surface area contributed by atoms with Crippen molar-refractivity contribution in [3.8, 4) is 0 Å². The summed E-state index contributed by atoms with van der Waals surface area (Å²) in [5, 5.41) is 0. The summed E-state index contributed by atoms with van der Waals surface area (Å²) in [5.41, 5.74) is 6.91. The highest BCUT2D eigenvalue weighted by Gasteiger charge is 2.17. The molecule has 0 amide bonds. The highest BCUT2D eigenvalue weighted by molar-refractivity contribution is 9.10. The molecule has 4 nitrogen and oxygen atoms in total. The van der Waals surface area contributed by atoms with Crippen molar-refractivity contribution in [1.29, 1.82) is 0 Å². The van der Waals surface area contributed by atoms with Crippen LogP contribution in [0.1, 0.15) is 5.56 Å². The Bertz CT molecular complexity index is 672. The van der Waals surface area contributed by atoms with Crippen molar-refractivity contribution in [2.45, 2.75) is 11.4 Å².